The monoisotopic (exact) mass is 342 g/mol. The van der Waals surface area contributed by atoms with Crippen LogP contribution in [0.15, 0.2) is 29.5 Å². The van der Waals surface area contributed by atoms with Crippen LogP contribution in [0.25, 0.3) is 0 Å². The maximum atomic E-state index is 4.69. The maximum Gasteiger partial charge on any atom is 0.191 e. The van der Waals surface area contributed by atoms with E-state index in [4.69, 9.17) is 0 Å². The summed E-state index contributed by atoms with van der Waals surface area (Å²) in [7, 11) is 1.99. The van der Waals surface area contributed by atoms with E-state index in [1.54, 1.807) is 6.20 Å². The summed E-state index contributed by atoms with van der Waals surface area (Å²) in [4.78, 5) is 8.83. The van der Waals surface area contributed by atoms with Crippen molar-refractivity contribution in [1.29, 1.82) is 0 Å². The predicted octanol–water partition coefficient (Wildman–Crippen LogP) is 2.16. The Morgan fingerprint density at radius 3 is 2.76 bits per heavy atom. The molecule has 0 amide bonds. The summed E-state index contributed by atoms with van der Waals surface area (Å²) in [5.74, 6) is 0.859. The molecule has 0 bridgehead atoms. The van der Waals surface area contributed by atoms with E-state index in [0.29, 0.717) is 0 Å². The van der Waals surface area contributed by atoms with Crippen LogP contribution in [-0.4, -0.2) is 39.9 Å². The number of hydrogen-bond acceptors (Lipinski definition) is 3. The van der Waals surface area contributed by atoms with Crippen LogP contribution in [0.5, 0.6) is 0 Å². The zero-order valence-corrected chi connectivity index (χ0v) is 16.0. The summed E-state index contributed by atoms with van der Waals surface area (Å²) in [6.07, 6.45) is 5.51. The van der Waals surface area contributed by atoms with E-state index in [9.17, 15) is 0 Å². The topological polar surface area (TPSA) is 67.1 Å². The number of nitrogens with zero attached hydrogens (tertiary/aromatic N) is 4. The molecule has 0 spiro atoms. The number of aliphatic imine (C=N–C) groups is 1. The smallest absolute Gasteiger partial charge is 0.191 e. The zero-order valence-electron chi connectivity index (χ0n) is 16.0. The van der Waals surface area contributed by atoms with Gasteiger partial charge < -0.3 is 10.6 Å². The molecule has 25 heavy (non-hydrogen) atoms. The Kier molecular flexibility index (Phi) is 6.98. The summed E-state index contributed by atoms with van der Waals surface area (Å²) in [6.45, 7) is 10.0. The Morgan fingerprint density at radius 1 is 1.36 bits per heavy atom. The number of aryl methyl sites for hydroxylation is 2. The minimum absolute atomic E-state index is 0.276. The Balaban J connectivity index is 1.94. The molecule has 6 nitrogen and oxygen atoms in total. The van der Waals surface area contributed by atoms with Gasteiger partial charge in [0.1, 0.15) is 0 Å². The van der Waals surface area contributed by atoms with Crippen molar-refractivity contribution in [2.24, 2.45) is 12.0 Å². The molecule has 1 atom stereocenters. The molecular weight excluding hydrogens is 312 g/mol. The van der Waals surface area contributed by atoms with Gasteiger partial charge in [-0.3, -0.25) is 14.7 Å². The van der Waals surface area contributed by atoms with Crippen molar-refractivity contribution in [1.82, 2.24) is 25.4 Å². The first kappa shape index (κ1) is 19.0. The molecule has 136 valence electrons. The average Bonchev–Trinajstić information content (AvgIpc) is 2.82. The van der Waals surface area contributed by atoms with Crippen LogP contribution in [0.4, 0.5) is 0 Å². The van der Waals surface area contributed by atoms with Crippen LogP contribution in [-0.2, 0) is 19.9 Å². The van der Waals surface area contributed by atoms with Crippen LogP contribution in [0.1, 0.15) is 36.4 Å². The van der Waals surface area contributed by atoms with Gasteiger partial charge in [0.05, 0.1) is 5.69 Å². The van der Waals surface area contributed by atoms with Gasteiger partial charge >= 0.3 is 0 Å². The third-order valence-corrected chi connectivity index (χ3v) is 4.29. The molecule has 0 aromatic carbocycles. The fourth-order valence-corrected chi connectivity index (χ4v) is 2.87. The molecule has 2 heterocycles. The molecule has 0 aliphatic heterocycles. The van der Waals surface area contributed by atoms with Crippen molar-refractivity contribution in [3.63, 3.8) is 0 Å². The van der Waals surface area contributed by atoms with Gasteiger partial charge in [-0.25, -0.2) is 0 Å². The molecule has 2 aromatic heterocycles. The molecule has 0 saturated heterocycles. The van der Waals surface area contributed by atoms with Gasteiger partial charge in [-0.1, -0.05) is 6.07 Å². The van der Waals surface area contributed by atoms with Crippen LogP contribution >= 0.6 is 0 Å². The Bertz CT molecular complexity index is 689. The molecular formula is C19H30N6. The van der Waals surface area contributed by atoms with Crippen molar-refractivity contribution >= 4 is 5.96 Å². The molecule has 6 heteroatoms. The molecule has 0 aliphatic carbocycles. The van der Waals surface area contributed by atoms with E-state index in [0.717, 1.165) is 37.6 Å². The fraction of sp³-hybridized carbons (Fsp3) is 0.526. The SMILES string of the molecule is CCNC(=NCCc1cccnc1)NC(C)Cc1c(C)nn(C)c1C. The van der Waals surface area contributed by atoms with Crippen molar-refractivity contribution in [3.05, 3.63) is 47.0 Å². The zero-order chi connectivity index (χ0) is 18.2. The van der Waals surface area contributed by atoms with E-state index in [1.807, 2.05) is 24.0 Å². The second-order valence-electron chi connectivity index (χ2n) is 6.39. The van der Waals surface area contributed by atoms with Crippen LogP contribution in [0.3, 0.4) is 0 Å². The van der Waals surface area contributed by atoms with Crippen LogP contribution in [0.2, 0.25) is 0 Å². The van der Waals surface area contributed by atoms with Gasteiger partial charge in [0.15, 0.2) is 5.96 Å². The highest BCUT2D eigenvalue weighted by Gasteiger charge is 2.13. The minimum atomic E-state index is 0.276. The lowest BCUT2D eigenvalue weighted by atomic mass is 10.1. The maximum absolute atomic E-state index is 4.69. The highest BCUT2D eigenvalue weighted by molar-refractivity contribution is 5.80. The lowest BCUT2D eigenvalue weighted by Crippen LogP contribution is -2.43. The van der Waals surface area contributed by atoms with Crippen molar-refractivity contribution < 1.29 is 0 Å². The second-order valence-corrected chi connectivity index (χ2v) is 6.39. The Labute approximate surface area is 150 Å². The molecule has 0 radical (unpaired) electrons. The van der Waals surface area contributed by atoms with Crippen LogP contribution in [0, 0.1) is 13.8 Å². The summed E-state index contributed by atoms with van der Waals surface area (Å²) in [5, 5.41) is 11.3. The first-order valence-electron chi connectivity index (χ1n) is 8.94. The quantitative estimate of drug-likeness (QED) is 0.598. The van der Waals surface area contributed by atoms with Gasteiger partial charge in [0, 0.05) is 44.3 Å². The minimum Gasteiger partial charge on any atom is -0.357 e. The first-order chi connectivity index (χ1) is 12.0. The number of rotatable bonds is 7. The number of aromatic nitrogens is 3. The van der Waals surface area contributed by atoms with E-state index < -0.39 is 0 Å². The van der Waals surface area contributed by atoms with Crippen molar-refractivity contribution in [3.8, 4) is 0 Å². The van der Waals surface area contributed by atoms with Gasteiger partial charge in [-0.15, -0.1) is 0 Å². The summed E-state index contributed by atoms with van der Waals surface area (Å²) in [5.41, 5.74) is 4.85. The third kappa shape index (κ3) is 5.59. The van der Waals surface area contributed by atoms with E-state index in [-0.39, 0.29) is 6.04 Å². The standard InChI is InChI=1S/C19H30N6/c1-6-21-19(22-11-9-17-8-7-10-20-13-17)23-14(2)12-18-15(3)24-25(5)16(18)4/h7-8,10,13-14H,6,9,11-12H2,1-5H3,(H2,21,22,23). The molecule has 2 N–H and O–H groups in total. The van der Waals surface area contributed by atoms with Gasteiger partial charge in [0.2, 0.25) is 0 Å². The highest BCUT2D eigenvalue weighted by Crippen LogP contribution is 2.14. The Hall–Kier alpha value is -2.37. The number of guanidine groups is 1. The number of pyridine rings is 1. The third-order valence-electron chi connectivity index (χ3n) is 4.29. The fourth-order valence-electron chi connectivity index (χ4n) is 2.87. The number of nitrogens with one attached hydrogen (secondary N) is 2. The summed E-state index contributed by atoms with van der Waals surface area (Å²) >= 11 is 0. The Morgan fingerprint density at radius 2 is 2.16 bits per heavy atom. The van der Waals surface area contributed by atoms with Gasteiger partial charge in [-0.2, -0.15) is 5.10 Å². The van der Waals surface area contributed by atoms with Gasteiger partial charge in [-0.05, 0) is 57.7 Å². The molecule has 1 unspecified atom stereocenters. The average molecular weight is 342 g/mol. The van der Waals surface area contributed by atoms with E-state index in [2.05, 4.69) is 59.5 Å². The lowest BCUT2D eigenvalue weighted by Gasteiger charge is -2.18. The molecule has 0 saturated carbocycles. The largest absolute Gasteiger partial charge is 0.357 e. The predicted molar refractivity (Wildman–Crippen MR) is 103 cm³/mol. The molecule has 2 rings (SSSR count). The van der Waals surface area contributed by atoms with Crippen molar-refractivity contribution in [2.45, 2.75) is 46.6 Å². The first-order valence-corrected chi connectivity index (χ1v) is 8.94. The second kappa shape index (κ2) is 9.20. The van der Waals surface area contributed by atoms with E-state index >= 15 is 0 Å². The lowest BCUT2D eigenvalue weighted by molar-refractivity contribution is 0.635. The number of hydrogen-bond donors (Lipinski definition) is 2. The summed E-state index contributed by atoms with van der Waals surface area (Å²) < 4.78 is 1.95. The molecule has 2 aromatic rings. The summed E-state index contributed by atoms with van der Waals surface area (Å²) in [6, 6.07) is 4.32. The van der Waals surface area contributed by atoms with Crippen LogP contribution < -0.4 is 10.6 Å². The molecule has 0 aliphatic rings. The normalized spacial score (nSPS) is 12.9. The van der Waals surface area contributed by atoms with E-state index in [1.165, 1.54) is 16.8 Å². The van der Waals surface area contributed by atoms with Crippen molar-refractivity contribution in [2.75, 3.05) is 13.1 Å². The molecule has 0 fully saturated rings. The van der Waals surface area contributed by atoms with Gasteiger partial charge in [0.25, 0.3) is 0 Å². The highest BCUT2D eigenvalue weighted by atomic mass is 15.3.